The summed E-state index contributed by atoms with van der Waals surface area (Å²) in [6.45, 7) is 0.789. The lowest BCUT2D eigenvalue weighted by Gasteiger charge is -2.16. The molecule has 0 unspecified atom stereocenters. The minimum absolute atomic E-state index is 0.179. The maximum Gasteiger partial charge on any atom is 0.227 e. The molecule has 3 aromatic rings. The second-order valence-corrected chi connectivity index (χ2v) is 6.73. The van der Waals surface area contributed by atoms with Crippen LogP contribution in [-0.2, 0) is 17.6 Å². The van der Waals surface area contributed by atoms with Crippen LogP contribution in [0.5, 0.6) is 0 Å². The molecule has 3 heterocycles. The van der Waals surface area contributed by atoms with Gasteiger partial charge in [0.15, 0.2) is 0 Å². The van der Waals surface area contributed by atoms with Crippen molar-refractivity contribution in [3.63, 3.8) is 0 Å². The van der Waals surface area contributed by atoms with Gasteiger partial charge in [-0.15, -0.1) is 11.3 Å². The van der Waals surface area contributed by atoms with E-state index in [0.29, 0.717) is 12.8 Å². The summed E-state index contributed by atoms with van der Waals surface area (Å²) in [5, 5.41) is 3.02. The lowest BCUT2D eigenvalue weighted by molar-refractivity contribution is -0.118. The average molecular weight is 335 g/mol. The fourth-order valence-corrected chi connectivity index (χ4v) is 3.83. The first-order valence-electron chi connectivity index (χ1n) is 8.04. The zero-order chi connectivity index (χ0) is 16.4. The highest BCUT2D eigenvalue weighted by Crippen LogP contribution is 2.28. The van der Waals surface area contributed by atoms with E-state index in [9.17, 15) is 4.79 Å². The molecule has 0 atom stereocenters. The highest BCUT2D eigenvalue weighted by atomic mass is 32.1. The third-order valence-corrected chi connectivity index (χ3v) is 5.16. The van der Waals surface area contributed by atoms with Crippen molar-refractivity contribution < 1.29 is 4.79 Å². The standard InChI is InChI=1S/C19H17N3OS/c23-19(22-11-9-14-4-1-2-6-17(14)22)8-7-18-21-16(13-24-18)15-5-3-10-20-12-15/h1-6,10,12-13H,7-9,11H2. The molecule has 1 aromatic carbocycles. The van der Waals surface area contributed by atoms with E-state index in [-0.39, 0.29) is 5.91 Å². The van der Waals surface area contributed by atoms with Crippen LogP contribution in [0.3, 0.4) is 0 Å². The number of hydrogen-bond acceptors (Lipinski definition) is 4. The second kappa shape index (κ2) is 6.53. The fraction of sp³-hybridized carbons (Fsp3) is 0.211. The molecule has 0 N–H and O–H groups in total. The Kier molecular flexibility index (Phi) is 4.09. The number of rotatable bonds is 4. The van der Waals surface area contributed by atoms with Crippen LogP contribution in [0.25, 0.3) is 11.3 Å². The van der Waals surface area contributed by atoms with Gasteiger partial charge in [-0.1, -0.05) is 18.2 Å². The molecule has 0 saturated heterocycles. The summed E-state index contributed by atoms with van der Waals surface area (Å²) in [5.41, 5.74) is 4.28. The number of benzene rings is 1. The Bertz CT molecular complexity index is 860. The predicted molar refractivity (Wildman–Crippen MR) is 96.2 cm³/mol. The maximum absolute atomic E-state index is 12.6. The number of thiazole rings is 1. The van der Waals surface area contributed by atoms with Crippen LogP contribution < -0.4 is 4.90 Å². The van der Waals surface area contributed by atoms with E-state index in [2.05, 4.69) is 16.0 Å². The van der Waals surface area contributed by atoms with E-state index in [1.54, 1.807) is 17.5 Å². The number of aryl methyl sites for hydroxylation is 1. The third kappa shape index (κ3) is 2.95. The molecule has 4 nitrogen and oxygen atoms in total. The first-order chi connectivity index (χ1) is 11.8. The normalized spacial score (nSPS) is 13.1. The van der Waals surface area contributed by atoms with E-state index in [4.69, 9.17) is 0 Å². The van der Waals surface area contributed by atoms with Gasteiger partial charge in [-0.2, -0.15) is 0 Å². The molecule has 2 aromatic heterocycles. The molecule has 120 valence electrons. The molecule has 4 rings (SSSR count). The number of carbonyl (C=O) groups excluding carboxylic acids is 1. The highest BCUT2D eigenvalue weighted by Gasteiger charge is 2.23. The monoisotopic (exact) mass is 335 g/mol. The van der Waals surface area contributed by atoms with E-state index >= 15 is 0 Å². The number of fused-ring (bicyclic) bond motifs is 1. The summed E-state index contributed by atoms with van der Waals surface area (Å²) in [4.78, 5) is 23.2. The highest BCUT2D eigenvalue weighted by molar-refractivity contribution is 7.09. The smallest absolute Gasteiger partial charge is 0.227 e. The van der Waals surface area contributed by atoms with E-state index in [1.165, 1.54) is 5.56 Å². The summed E-state index contributed by atoms with van der Waals surface area (Å²) in [7, 11) is 0. The van der Waals surface area contributed by atoms with Crippen molar-refractivity contribution in [2.75, 3.05) is 11.4 Å². The molecule has 1 aliphatic rings. The molecule has 24 heavy (non-hydrogen) atoms. The molecule has 0 aliphatic carbocycles. The van der Waals surface area contributed by atoms with E-state index in [1.807, 2.05) is 46.8 Å². The first kappa shape index (κ1) is 15.0. The summed E-state index contributed by atoms with van der Waals surface area (Å²) < 4.78 is 0. The van der Waals surface area contributed by atoms with Crippen LogP contribution in [0.1, 0.15) is 17.0 Å². The van der Waals surface area contributed by atoms with Crippen molar-refractivity contribution in [1.82, 2.24) is 9.97 Å². The van der Waals surface area contributed by atoms with Crippen LogP contribution in [0, 0.1) is 0 Å². The van der Waals surface area contributed by atoms with Crippen molar-refractivity contribution in [3.8, 4) is 11.3 Å². The molecular weight excluding hydrogens is 318 g/mol. The lowest BCUT2D eigenvalue weighted by atomic mass is 10.2. The van der Waals surface area contributed by atoms with Crippen LogP contribution in [0.15, 0.2) is 54.2 Å². The van der Waals surface area contributed by atoms with Gasteiger partial charge in [-0.05, 0) is 30.2 Å². The Morgan fingerprint density at radius 2 is 2.12 bits per heavy atom. The summed E-state index contributed by atoms with van der Waals surface area (Å²) in [6, 6.07) is 12.1. The number of hydrogen-bond donors (Lipinski definition) is 0. The van der Waals surface area contributed by atoms with Crippen molar-refractivity contribution in [1.29, 1.82) is 0 Å². The van der Waals surface area contributed by atoms with E-state index < -0.39 is 0 Å². The minimum atomic E-state index is 0.179. The Balaban J connectivity index is 1.41. The summed E-state index contributed by atoms with van der Waals surface area (Å²) in [5.74, 6) is 0.179. The molecule has 5 heteroatoms. The Morgan fingerprint density at radius 3 is 3.00 bits per heavy atom. The van der Waals surface area contributed by atoms with Gasteiger partial charge in [0.25, 0.3) is 0 Å². The number of para-hydroxylation sites is 1. The topological polar surface area (TPSA) is 46.1 Å². The van der Waals surface area contributed by atoms with Crippen molar-refractivity contribution in [2.24, 2.45) is 0 Å². The zero-order valence-corrected chi connectivity index (χ0v) is 14.0. The Morgan fingerprint density at radius 1 is 1.21 bits per heavy atom. The molecule has 0 fully saturated rings. The predicted octanol–water partition coefficient (Wildman–Crippen LogP) is 3.73. The number of aromatic nitrogens is 2. The zero-order valence-electron chi connectivity index (χ0n) is 13.2. The van der Waals surface area contributed by atoms with Gasteiger partial charge in [0.1, 0.15) is 0 Å². The van der Waals surface area contributed by atoms with Gasteiger partial charge in [0.2, 0.25) is 5.91 Å². The Hall–Kier alpha value is -2.53. The first-order valence-corrected chi connectivity index (χ1v) is 8.92. The van der Waals surface area contributed by atoms with Crippen LogP contribution >= 0.6 is 11.3 Å². The third-order valence-electron chi connectivity index (χ3n) is 4.25. The molecule has 0 saturated carbocycles. The van der Waals surface area contributed by atoms with Gasteiger partial charge in [0.05, 0.1) is 10.7 Å². The second-order valence-electron chi connectivity index (χ2n) is 5.79. The number of anilines is 1. The summed E-state index contributed by atoms with van der Waals surface area (Å²) in [6.07, 6.45) is 5.69. The van der Waals surface area contributed by atoms with Gasteiger partial charge in [-0.25, -0.2) is 4.98 Å². The Labute approximate surface area is 144 Å². The van der Waals surface area contributed by atoms with Crippen LogP contribution in [0.4, 0.5) is 5.69 Å². The number of nitrogens with zero attached hydrogens (tertiary/aromatic N) is 3. The quantitative estimate of drug-likeness (QED) is 0.730. The molecule has 1 amide bonds. The minimum Gasteiger partial charge on any atom is -0.312 e. The largest absolute Gasteiger partial charge is 0.312 e. The number of carbonyl (C=O) groups is 1. The molecular formula is C19H17N3OS. The van der Waals surface area contributed by atoms with Gasteiger partial charge >= 0.3 is 0 Å². The van der Waals surface area contributed by atoms with Gasteiger partial charge in [-0.3, -0.25) is 9.78 Å². The van der Waals surface area contributed by atoms with Crippen molar-refractivity contribution in [2.45, 2.75) is 19.3 Å². The molecule has 0 radical (unpaired) electrons. The molecule has 0 spiro atoms. The number of amides is 1. The van der Waals surface area contributed by atoms with Crippen LogP contribution in [-0.4, -0.2) is 22.4 Å². The maximum atomic E-state index is 12.6. The molecule has 0 bridgehead atoms. The fourth-order valence-electron chi connectivity index (χ4n) is 3.02. The number of pyridine rings is 1. The van der Waals surface area contributed by atoms with Gasteiger partial charge < -0.3 is 4.90 Å². The van der Waals surface area contributed by atoms with E-state index in [0.717, 1.165) is 34.9 Å². The van der Waals surface area contributed by atoms with Crippen LogP contribution in [0.2, 0.25) is 0 Å². The van der Waals surface area contributed by atoms with Crippen molar-refractivity contribution in [3.05, 3.63) is 64.7 Å². The SMILES string of the molecule is O=C(CCc1nc(-c2cccnc2)cs1)N1CCc2ccccc21. The van der Waals surface area contributed by atoms with Gasteiger partial charge in [0, 0.05) is 48.4 Å². The summed E-state index contributed by atoms with van der Waals surface area (Å²) >= 11 is 1.60. The lowest BCUT2D eigenvalue weighted by Crippen LogP contribution is -2.28. The average Bonchev–Trinajstić information content (AvgIpc) is 3.27. The molecule has 1 aliphatic heterocycles. The van der Waals surface area contributed by atoms with Crippen molar-refractivity contribution >= 4 is 22.9 Å².